The number of hydrogen-bond donors (Lipinski definition) is 0. The summed E-state index contributed by atoms with van der Waals surface area (Å²) in [5, 5.41) is 4.45. The van der Waals surface area contributed by atoms with Crippen molar-refractivity contribution in [3.8, 4) is 73.2 Å². The van der Waals surface area contributed by atoms with Crippen LogP contribution in [-0.2, 0) is 0 Å². The van der Waals surface area contributed by atoms with Crippen LogP contribution in [0.5, 0.6) is 0 Å². The van der Waals surface area contributed by atoms with Gasteiger partial charge in [0.25, 0.3) is 0 Å². The van der Waals surface area contributed by atoms with E-state index in [9.17, 15) is 0 Å². The maximum Gasteiger partial charge on any atom is 0.164 e. The quantitative estimate of drug-likeness (QED) is 0.161. The minimum atomic E-state index is 0.580. The van der Waals surface area contributed by atoms with E-state index in [1.165, 1.54) is 21.9 Å². The van der Waals surface area contributed by atoms with Gasteiger partial charge in [-0.3, -0.25) is 0 Å². The molecular formula is C57H36N4O. The summed E-state index contributed by atoms with van der Waals surface area (Å²) in [6.07, 6.45) is 0. The molecule has 0 bridgehead atoms. The molecule has 5 nitrogen and oxygen atoms in total. The summed E-state index contributed by atoms with van der Waals surface area (Å²) in [7, 11) is 0. The fraction of sp³-hybridized carbons (Fsp3) is 0. The highest BCUT2D eigenvalue weighted by Crippen LogP contribution is 2.42. The molecule has 0 saturated carbocycles. The van der Waals surface area contributed by atoms with E-state index in [1.807, 2.05) is 60.7 Å². The third-order valence-electron chi connectivity index (χ3n) is 11.8. The third kappa shape index (κ3) is 6.14. The van der Waals surface area contributed by atoms with E-state index in [-0.39, 0.29) is 0 Å². The number of nitrogens with zero attached hydrogens (tertiary/aromatic N) is 4. The SMILES string of the molecule is c1ccc(-c2cccc(-c3cc(-n4c5ccccc5c5cc(-c6ccccc6)ccc54)cc4c3oc3cc(-c5nc(-c6ccccc6)nc(-c6ccccc6)n5)ccc34)c2)cc1. The van der Waals surface area contributed by atoms with Gasteiger partial charge in [0, 0.05) is 49.5 Å². The molecule has 0 radical (unpaired) electrons. The maximum absolute atomic E-state index is 7.01. The van der Waals surface area contributed by atoms with Gasteiger partial charge in [0.15, 0.2) is 17.5 Å². The minimum Gasteiger partial charge on any atom is -0.455 e. The van der Waals surface area contributed by atoms with Crippen LogP contribution >= 0.6 is 0 Å². The average molecular weight is 793 g/mol. The molecule has 290 valence electrons. The number of fused-ring (bicyclic) bond motifs is 6. The lowest BCUT2D eigenvalue weighted by Crippen LogP contribution is -2.00. The molecule has 0 saturated heterocycles. The normalized spacial score (nSPS) is 11.5. The zero-order chi connectivity index (χ0) is 41.0. The topological polar surface area (TPSA) is 56.7 Å². The minimum absolute atomic E-state index is 0.580. The Morgan fingerprint density at radius 1 is 0.306 bits per heavy atom. The van der Waals surface area contributed by atoms with Crippen molar-refractivity contribution >= 4 is 43.7 Å². The molecule has 0 aliphatic rings. The number of benzene rings is 9. The lowest BCUT2D eigenvalue weighted by Gasteiger charge is -2.13. The molecule has 12 rings (SSSR count). The molecule has 3 aromatic heterocycles. The third-order valence-corrected chi connectivity index (χ3v) is 11.8. The van der Waals surface area contributed by atoms with Crippen LogP contribution in [0.1, 0.15) is 0 Å². The molecule has 0 unspecified atom stereocenters. The van der Waals surface area contributed by atoms with Crippen molar-refractivity contribution in [2.24, 2.45) is 0 Å². The van der Waals surface area contributed by atoms with E-state index in [0.717, 1.165) is 77.6 Å². The van der Waals surface area contributed by atoms with Crippen LogP contribution in [0.2, 0.25) is 0 Å². The number of hydrogen-bond acceptors (Lipinski definition) is 4. The molecule has 12 aromatic rings. The summed E-state index contributed by atoms with van der Waals surface area (Å²) in [5.74, 6) is 1.81. The van der Waals surface area contributed by atoms with Crippen molar-refractivity contribution in [1.82, 2.24) is 19.5 Å². The summed E-state index contributed by atoms with van der Waals surface area (Å²) in [5.41, 5.74) is 14.4. The summed E-state index contributed by atoms with van der Waals surface area (Å²) < 4.78 is 9.41. The van der Waals surface area contributed by atoms with Gasteiger partial charge in [-0.2, -0.15) is 0 Å². The summed E-state index contributed by atoms with van der Waals surface area (Å²) in [4.78, 5) is 15.0. The van der Waals surface area contributed by atoms with Gasteiger partial charge in [0.1, 0.15) is 11.2 Å². The Morgan fingerprint density at radius 2 is 0.823 bits per heavy atom. The molecule has 0 N–H and O–H groups in total. The molecule has 0 aliphatic carbocycles. The Balaban J connectivity index is 1.09. The summed E-state index contributed by atoms with van der Waals surface area (Å²) in [6.45, 7) is 0. The first-order valence-corrected chi connectivity index (χ1v) is 20.8. The van der Waals surface area contributed by atoms with Crippen LogP contribution < -0.4 is 0 Å². The summed E-state index contributed by atoms with van der Waals surface area (Å²) in [6, 6.07) is 76.5. The van der Waals surface area contributed by atoms with Crippen LogP contribution in [0.15, 0.2) is 223 Å². The van der Waals surface area contributed by atoms with E-state index < -0.39 is 0 Å². The van der Waals surface area contributed by atoms with Crippen molar-refractivity contribution in [1.29, 1.82) is 0 Å². The summed E-state index contributed by atoms with van der Waals surface area (Å²) >= 11 is 0. The standard InChI is InChI=1S/C57H36N4O/c1-5-16-37(17-6-1)41-24-15-25-43(32-41)48-35-45(61-51-27-14-13-26-46(51)49-33-42(29-31-52(49)61)38-18-7-2-8-19-38)36-50-47-30-28-44(34-53(47)62-54(48)50)57-59-55(39-20-9-3-10-21-39)58-56(60-57)40-22-11-4-12-23-40/h1-36H. The molecule has 5 heteroatoms. The fourth-order valence-corrected chi connectivity index (χ4v) is 8.84. The highest BCUT2D eigenvalue weighted by molar-refractivity contribution is 6.14. The number of furan rings is 1. The van der Waals surface area contributed by atoms with Gasteiger partial charge in [-0.05, 0) is 76.3 Å². The Bertz CT molecular complexity index is 3560. The van der Waals surface area contributed by atoms with Gasteiger partial charge >= 0.3 is 0 Å². The van der Waals surface area contributed by atoms with Gasteiger partial charge in [0.2, 0.25) is 0 Å². The van der Waals surface area contributed by atoms with Crippen LogP contribution in [-0.4, -0.2) is 19.5 Å². The molecule has 0 fully saturated rings. The lowest BCUT2D eigenvalue weighted by molar-refractivity contribution is 0.670. The van der Waals surface area contributed by atoms with Crippen LogP contribution in [0.4, 0.5) is 0 Å². The second-order valence-corrected chi connectivity index (χ2v) is 15.6. The molecule has 0 atom stereocenters. The van der Waals surface area contributed by atoms with E-state index in [2.05, 4.69) is 162 Å². The van der Waals surface area contributed by atoms with Crippen molar-refractivity contribution in [2.75, 3.05) is 0 Å². The van der Waals surface area contributed by atoms with Gasteiger partial charge < -0.3 is 8.98 Å². The Labute approximate surface area is 357 Å². The lowest BCUT2D eigenvalue weighted by atomic mass is 9.97. The fourth-order valence-electron chi connectivity index (χ4n) is 8.84. The average Bonchev–Trinajstić information content (AvgIpc) is 3.89. The van der Waals surface area contributed by atoms with Gasteiger partial charge in [-0.25, -0.2) is 15.0 Å². The van der Waals surface area contributed by atoms with Crippen molar-refractivity contribution in [3.63, 3.8) is 0 Å². The van der Waals surface area contributed by atoms with Crippen LogP contribution in [0.25, 0.3) is 117 Å². The first-order chi connectivity index (χ1) is 30.7. The zero-order valence-corrected chi connectivity index (χ0v) is 33.5. The Morgan fingerprint density at radius 3 is 1.48 bits per heavy atom. The van der Waals surface area contributed by atoms with E-state index in [0.29, 0.717) is 17.5 Å². The molecule has 0 aliphatic heterocycles. The van der Waals surface area contributed by atoms with Crippen molar-refractivity contribution in [3.05, 3.63) is 218 Å². The maximum atomic E-state index is 7.01. The molecule has 9 aromatic carbocycles. The van der Waals surface area contributed by atoms with E-state index in [1.54, 1.807) is 0 Å². The molecule has 62 heavy (non-hydrogen) atoms. The van der Waals surface area contributed by atoms with Gasteiger partial charge in [0.05, 0.1) is 11.0 Å². The Kier molecular flexibility index (Phi) is 8.42. The number of rotatable bonds is 7. The molecule has 3 heterocycles. The van der Waals surface area contributed by atoms with Crippen molar-refractivity contribution in [2.45, 2.75) is 0 Å². The smallest absolute Gasteiger partial charge is 0.164 e. The highest BCUT2D eigenvalue weighted by Gasteiger charge is 2.21. The predicted octanol–water partition coefficient (Wildman–Crippen LogP) is 14.9. The largest absolute Gasteiger partial charge is 0.455 e. The van der Waals surface area contributed by atoms with Gasteiger partial charge in [-0.15, -0.1) is 0 Å². The van der Waals surface area contributed by atoms with E-state index in [4.69, 9.17) is 19.4 Å². The Hall–Kier alpha value is -8.41. The molecular weight excluding hydrogens is 757 g/mol. The highest BCUT2D eigenvalue weighted by atomic mass is 16.3. The first kappa shape index (κ1) is 35.5. The monoisotopic (exact) mass is 792 g/mol. The number of aromatic nitrogens is 4. The predicted molar refractivity (Wildman–Crippen MR) is 254 cm³/mol. The second kappa shape index (κ2) is 14.7. The van der Waals surface area contributed by atoms with Crippen LogP contribution in [0.3, 0.4) is 0 Å². The first-order valence-electron chi connectivity index (χ1n) is 20.8. The van der Waals surface area contributed by atoms with Gasteiger partial charge in [-0.1, -0.05) is 170 Å². The van der Waals surface area contributed by atoms with Crippen LogP contribution in [0, 0.1) is 0 Å². The number of para-hydroxylation sites is 1. The zero-order valence-electron chi connectivity index (χ0n) is 33.5. The molecule has 0 amide bonds. The second-order valence-electron chi connectivity index (χ2n) is 15.6. The van der Waals surface area contributed by atoms with E-state index >= 15 is 0 Å². The molecule has 0 spiro atoms. The van der Waals surface area contributed by atoms with Crippen molar-refractivity contribution < 1.29 is 4.42 Å².